The number of halogens is 1. The number of thiazole rings is 1. The number of fused-ring (bicyclic) bond motifs is 1. The van der Waals surface area contributed by atoms with E-state index in [1.807, 2.05) is 29.6 Å². The fourth-order valence-corrected chi connectivity index (χ4v) is 4.33. The van der Waals surface area contributed by atoms with Crippen molar-refractivity contribution in [2.45, 2.75) is 25.4 Å². The standard InChI is InChI=1S/C24H24FN3O4S/c1-24(25)9-4-10-32-20-8-7-16(12-18(20)24)22(30)26-13-21(29)28-23-27-19(14-33-23)15-5-3-6-17(11-15)31-2/h3,5-8,11-12,14H,4,9-10,13H2,1-2H3,(H,26,30)(H,27,28,29)/t24-/m1/s1. The molecule has 1 aliphatic heterocycles. The molecular formula is C24H24FN3O4S. The van der Waals surface area contributed by atoms with E-state index in [0.717, 1.165) is 5.56 Å². The number of carbonyl (C=O) groups is 2. The van der Waals surface area contributed by atoms with Crippen molar-refractivity contribution in [2.75, 3.05) is 25.6 Å². The highest BCUT2D eigenvalue weighted by molar-refractivity contribution is 7.14. The molecule has 9 heteroatoms. The number of benzene rings is 2. The van der Waals surface area contributed by atoms with Crippen LogP contribution in [0.25, 0.3) is 11.3 Å². The average Bonchev–Trinajstić information content (AvgIpc) is 3.22. The maximum atomic E-state index is 15.0. The number of methoxy groups -OCH3 is 1. The third-order valence-corrected chi connectivity index (χ3v) is 6.13. The summed E-state index contributed by atoms with van der Waals surface area (Å²) in [5.41, 5.74) is 0.617. The van der Waals surface area contributed by atoms with Crippen LogP contribution >= 0.6 is 11.3 Å². The Morgan fingerprint density at radius 3 is 2.94 bits per heavy atom. The van der Waals surface area contributed by atoms with Crippen molar-refractivity contribution in [2.24, 2.45) is 0 Å². The largest absolute Gasteiger partial charge is 0.497 e. The Kier molecular flexibility index (Phi) is 6.60. The Hall–Kier alpha value is -3.46. The third-order valence-electron chi connectivity index (χ3n) is 5.38. The zero-order valence-electron chi connectivity index (χ0n) is 18.3. The number of carbonyl (C=O) groups excluding carboxylic acids is 2. The minimum absolute atomic E-state index is 0.243. The molecule has 0 radical (unpaired) electrons. The molecule has 33 heavy (non-hydrogen) atoms. The van der Waals surface area contributed by atoms with Gasteiger partial charge in [-0.2, -0.15) is 0 Å². The number of ether oxygens (including phenoxy) is 2. The number of nitrogens with zero attached hydrogens (tertiary/aromatic N) is 1. The van der Waals surface area contributed by atoms with Gasteiger partial charge in [-0.1, -0.05) is 12.1 Å². The lowest BCUT2D eigenvalue weighted by Crippen LogP contribution is -2.33. The number of hydrogen-bond donors (Lipinski definition) is 2. The molecule has 0 fully saturated rings. The molecule has 172 valence electrons. The predicted molar refractivity (Wildman–Crippen MR) is 125 cm³/mol. The molecule has 0 unspecified atom stereocenters. The Labute approximate surface area is 194 Å². The molecule has 2 N–H and O–H groups in total. The summed E-state index contributed by atoms with van der Waals surface area (Å²) in [4.78, 5) is 29.3. The summed E-state index contributed by atoms with van der Waals surface area (Å²) in [6.07, 6.45) is 0.915. The van der Waals surface area contributed by atoms with E-state index in [9.17, 15) is 9.59 Å². The zero-order valence-corrected chi connectivity index (χ0v) is 19.1. The molecule has 2 amide bonds. The molecule has 0 saturated heterocycles. The highest BCUT2D eigenvalue weighted by Gasteiger charge is 2.32. The number of aromatic nitrogens is 1. The number of amides is 2. The van der Waals surface area contributed by atoms with Gasteiger partial charge in [0.05, 0.1) is 26.0 Å². The number of anilines is 1. The van der Waals surface area contributed by atoms with Crippen LogP contribution in [-0.2, 0) is 10.5 Å². The van der Waals surface area contributed by atoms with Crippen LogP contribution in [0.2, 0.25) is 0 Å². The highest BCUT2D eigenvalue weighted by Crippen LogP contribution is 2.39. The van der Waals surface area contributed by atoms with Crippen molar-refractivity contribution >= 4 is 28.3 Å². The molecule has 4 rings (SSSR count). The molecule has 3 aromatic rings. The molecule has 0 aliphatic carbocycles. The van der Waals surface area contributed by atoms with Gasteiger partial charge in [0.25, 0.3) is 5.91 Å². The third kappa shape index (κ3) is 5.31. The van der Waals surface area contributed by atoms with Gasteiger partial charge in [0, 0.05) is 22.1 Å². The first-order valence-electron chi connectivity index (χ1n) is 10.5. The molecule has 2 aromatic carbocycles. The van der Waals surface area contributed by atoms with Gasteiger partial charge in [-0.05, 0) is 50.1 Å². The fraction of sp³-hybridized carbons (Fsp3) is 0.292. The quantitative estimate of drug-likeness (QED) is 0.553. The second-order valence-electron chi connectivity index (χ2n) is 7.86. The monoisotopic (exact) mass is 469 g/mol. The first-order valence-corrected chi connectivity index (χ1v) is 11.4. The van der Waals surface area contributed by atoms with Crippen LogP contribution in [-0.4, -0.2) is 37.1 Å². The highest BCUT2D eigenvalue weighted by atomic mass is 32.1. The maximum absolute atomic E-state index is 15.0. The second kappa shape index (κ2) is 9.58. The van der Waals surface area contributed by atoms with Crippen LogP contribution in [0.15, 0.2) is 47.8 Å². The molecule has 7 nitrogen and oxygen atoms in total. The van der Waals surface area contributed by atoms with E-state index in [2.05, 4.69) is 15.6 Å². The maximum Gasteiger partial charge on any atom is 0.251 e. The van der Waals surface area contributed by atoms with Crippen LogP contribution in [0.3, 0.4) is 0 Å². The summed E-state index contributed by atoms with van der Waals surface area (Å²) in [6, 6.07) is 12.1. The van der Waals surface area contributed by atoms with Crippen molar-refractivity contribution in [1.82, 2.24) is 10.3 Å². The van der Waals surface area contributed by atoms with E-state index >= 15 is 4.39 Å². The van der Waals surface area contributed by atoms with E-state index in [1.165, 1.54) is 24.3 Å². The summed E-state index contributed by atoms with van der Waals surface area (Å²) < 4.78 is 25.8. The van der Waals surface area contributed by atoms with E-state index < -0.39 is 17.5 Å². The van der Waals surface area contributed by atoms with Crippen molar-refractivity contribution in [1.29, 1.82) is 0 Å². The van der Waals surface area contributed by atoms with Crippen LogP contribution < -0.4 is 20.1 Å². The van der Waals surface area contributed by atoms with E-state index in [4.69, 9.17) is 9.47 Å². The molecule has 1 aromatic heterocycles. The van der Waals surface area contributed by atoms with Gasteiger partial charge in [0.1, 0.15) is 17.2 Å². The smallest absolute Gasteiger partial charge is 0.251 e. The van der Waals surface area contributed by atoms with Crippen molar-refractivity contribution in [3.63, 3.8) is 0 Å². The van der Waals surface area contributed by atoms with Crippen molar-refractivity contribution in [3.8, 4) is 22.8 Å². The number of nitrogens with one attached hydrogen (secondary N) is 2. The topological polar surface area (TPSA) is 89.6 Å². The fourth-order valence-electron chi connectivity index (χ4n) is 3.60. The summed E-state index contributed by atoms with van der Waals surface area (Å²) in [7, 11) is 1.59. The Morgan fingerprint density at radius 2 is 2.12 bits per heavy atom. The lowest BCUT2D eigenvalue weighted by Gasteiger charge is -2.20. The predicted octanol–water partition coefficient (Wildman–Crippen LogP) is 4.54. The van der Waals surface area contributed by atoms with E-state index in [-0.39, 0.29) is 12.1 Å². The van der Waals surface area contributed by atoms with Gasteiger partial charge >= 0.3 is 0 Å². The Balaban J connectivity index is 1.36. The number of alkyl halides is 1. The molecule has 0 spiro atoms. The van der Waals surface area contributed by atoms with Crippen LogP contribution in [0.4, 0.5) is 9.52 Å². The lowest BCUT2D eigenvalue weighted by molar-refractivity contribution is -0.115. The van der Waals surface area contributed by atoms with Gasteiger partial charge in [0.2, 0.25) is 5.91 Å². The summed E-state index contributed by atoms with van der Waals surface area (Å²) in [6.45, 7) is 1.69. The second-order valence-corrected chi connectivity index (χ2v) is 8.72. The average molecular weight is 470 g/mol. The molecule has 0 saturated carbocycles. The van der Waals surface area contributed by atoms with E-state index in [0.29, 0.717) is 47.3 Å². The molecule has 2 heterocycles. The summed E-state index contributed by atoms with van der Waals surface area (Å²) in [5.74, 6) is 0.279. The Bertz CT molecular complexity index is 1180. The van der Waals surface area contributed by atoms with Gasteiger partial charge in [0.15, 0.2) is 5.13 Å². The first kappa shape index (κ1) is 22.7. The summed E-state index contributed by atoms with van der Waals surface area (Å²) >= 11 is 1.28. The van der Waals surface area contributed by atoms with Crippen LogP contribution in [0.1, 0.15) is 35.7 Å². The SMILES string of the molecule is COc1cccc(-c2csc(NC(=O)CNC(=O)c3ccc4c(c3)[C@](C)(F)CCCO4)n2)c1. The zero-order chi connectivity index (χ0) is 23.4. The van der Waals surface area contributed by atoms with Crippen molar-refractivity contribution in [3.05, 3.63) is 59.0 Å². The van der Waals surface area contributed by atoms with Gasteiger partial charge in [-0.25, -0.2) is 9.37 Å². The molecular weight excluding hydrogens is 445 g/mol. The van der Waals surface area contributed by atoms with Crippen molar-refractivity contribution < 1.29 is 23.5 Å². The van der Waals surface area contributed by atoms with Crippen LogP contribution in [0, 0.1) is 0 Å². The first-order chi connectivity index (χ1) is 15.9. The minimum atomic E-state index is -1.58. The normalized spacial score (nSPS) is 17.3. The summed E-state index contributed by atoms with van der Waals surface area (Å²) in [5, 5.41) is 7.50. The number of hydrogen-bond acceptors (Lipinski definition) is 6. The molecule has 0 bridgehead atoms. The minimum Gasteiger partial charge on any atom is -0.497 e. The van der Waals surface area contributed by atoms with E-state index in [1.54, 1.807) is 19.2 Å². The molecule has 1 atom stereocenters. The Morgan fingerprint density at radius 1 is 1.27 bits per heavy atom. The van der Waals surface area contributed by atoms with Crippen LogP contribution in [0.5, 0.6) is 11.5 Å². The van der Waals surface area contributed by atoms with Gasteiger partial charge < -0.3 is 20.1 Å². The van der Waals surface area contributed by atoms with Gasteiger partial charge in [-0.3, -0.25) is 9.59 Å². The lowest BCUT2D eigenvalue weighted by atomic mass is 9.91. The number of rotatable bonds is 6. The molecule has 1 aliphatic rings. The van der Waals surface area contributed by atoms with Gasteiger partial charge in [-0.15, -0.1) is 11.3 Å².